The van der Waals surface area contributed by atoms with Gasteiger partial charge in [-0.15, -0.1) is 0 Å². The van der Waals surface area contributed by atoms with Crippen LogP contribution in [0.4, 0.5) is 0 Å². The highest BCUT2D eigenvalue weighted by Gasteiger charge is 2.11. The molecule has 0 spiro atoms. The quantitative estimate of drug-likeness (QED) is 0.700. The van der Waals surface area contributed by atoms with Gasteiger partial charge in [-0.05, 0) is 55.0 Å². The van der Waals surface area contributed by atoms with Crippen LogP contribution < -0.4 is 4.74 Å². The number of hydrogen-bond donors (Lipinski definition) is 0. The van der Waals surface area contributed by atoms with Crippen molar-refractivity contribution in [2.75, 3.05) is 0 Å². The van der Waals surface area contributed by atoms with Gasteiger partial charge in [0, 0.05) is 11.6 Å². The van der Waals surface area contributed by atoms with Gasteiger partial charge in [0.25, 0.3) is 0 Å². The van der Waals surface area contributed by atoms with E-state index in [1.165, 1.54) is 30.4 Å². The van der Waals surface area contributed by atoms with Crippen LogP contribution in [0.3, 0.4) is 0 Å². The molecule has 0 atom stereocenters. The number of hydrogen-bond acceptors (Lipinski definition) is 3. The molecule has 1 heterocycles. The first-order chi connectivity index (χ1) is 10.4. The van der Waals surface area contributed by atoms with Crippen molar-refractivity contribution in [1.29, 1.82) is 0 Å². The van der Waals surface area contributed by atoms with Gasteiger partial charge >= 0.3 is 6.01 Å². The van der Waals surface area contributed by atoms with E-state index in [0.29, 0.717) is 6.01 Å². The Morgan fingerprint density at radius 2 is 1.76 bits per heavy atom. The number of aromatic nitrogens is 2. The normalized spacial score (nSPS) is 13.9. The highest BCUT2D eigenvalue weighted by atomic mass is 16.5. The van der Waals surface area contributed by atoms with E-state index in [2.05, 4.69) is 22.1 Å². The molecule has 0 aliphatic heterocycles. The molecular weight excluding hydrogens is 260 g/mol. The summed E-state index contributed by atoms with van der Waals surface area (Å²) in [4.78, 5) is 8.73. The third-order valence-electron chi connectivity index (χ3n) is 4.00. The van der Waals surface area contributed by atoms with Crippen LogP contribution in [0.5, 0.6) is 11.8 Å². The number of para-hydroxylation sites is 1. The van der Waals surface area contributed by atoms with Crippen LogP contribution >= 0.6 is 0 Å². The molecular formula is C18H16N2O. The summed E-state index contributed by atoms with van der Waals surface area (Å²) in [5.41, 5.74) is 3.76. The smallest absolute Gasteiger partial charge is 0.322 e. The molecule has 0 unspecified atom stereocenters. The molecule has 0 bridgehead atoms. The van der Waals surface area contributed by atoms with Crippen molar-refractivity contribution in [2.45, 2.75) is 25.7 Å². The van der Waals surface area contributed by atoms with Crippen LogP contribution in [0.15, 0.2) is 48.7 Å². The van der Waals surface area contributed by atoms with Crippen molar-refractivity contribution >= 4 is 10.9 Å². The van der Waals surface area contributed by atoms with Crippen LogP contribution in [0.2, 0.25) is 0 Å². The van der Waals surface area contributed by atoms with Crippen molar-refractivity contribution in [3.8, 4) is 11.8 Å². The number of rotatable bonds is 2. The van der Waals surface area contributed by atoms with Crippen LogP contribution in [0, 0.1) is 0 Å². The van der Waals surface area contributed by atoms with E-state index in [4.69, 9.17) is 4.74 Å². The Labute approximate surface area is 123 Å². The zero-order chi connectivity index (χ0) is 14.1. The van der Waals surface area contributed by atoms with Gasteiger partial charge in [0.2, 0.25) is 0 Å². The Morgan fingerprint density at radius 1 is 0.905 bits per heavy atom. The van der Waals surface area contributed by atoms with Crippen molar-refractivity contribution in [2.24, 2.45) is 0 Å². The lowest BCUT2D eigenvalue weighted by molar-refractivity contribution is 0.443. The fraction of sp³-hybridized carbons (Fsp3) is 0.222. The molecule has 3 nitrogen and oxygen atoms in total. The third kappa shape index (κ3) is 2.47. The maximum absolute atomic E-state index is 5.83. The second kappa shape index (κ2) is 5.17. The zero-order valence-corrected chi connectivity index (χ0v) is 11.7. The summed E-state index contributed by atoms with van der Waals surface area (Å²) in [5, 5.41) is 1.02. The Morgan fingerprint density at radius 3 is 2.71 bits per heavy atom. The van der Waals surface area contributed by atoms with Crippen molar-refractivity contribution < 1.29 is 4.74 Å². The molecule has 0 radical (unpaired) electrons. The summed E-state index contributed by atoms with van der Waals surface area (Å²) in [5.74, 6) is 0.825. The number of benzene rings is 2. The van der Waals surface area contributed by atoms with E-state index in [-0.39, 0.29) is 0 Å². The highest BCUT2D eigenvalue weighted by molar-refractivity contribution is 5.77. The Bertz CT molecular complexity index is 798. The molecule has 0 amide bonds. The minimum Gasteiger partial charge on any atom is -0.424 e. The molecule has 2 aromatic carbocycles. The predicted octanol–water partition coefficient (Wildman–Crippen LogP) is 4.30. The van der Waals surface area contributed by atoms with Crippen LogP contribution in [-0.4, -0.2) is 9.97 Å². The first-order valence-electron chi connectivity index (χ1n) is 7.40. The minimum absolute atomic E-state index is 0.407. The summed E-state index contributed by atoms with van der Waals surface area (Å²) in [6, 6.07) is 14.6. The molecule has 0 saturated heterocycles. The SMILES string of the molecule is c1ccc2nc(Oc3ccc4c(c3)CCCC4)ncc2c1. The fourth-order valence-electron chi connectivity index (χ4n) is 2.88. The van der Waals surface area contributed by atoms with Gasteiger partial charge in [0.1, 0.15) is 5.75 Å². The lowest BCUT2D eigenvalue weighted by Gasteiger charge is -2.16. The zero-order valence-electron chi connectivity index (χ0n) is 11.7. The molecule has 1 aromatic heterocycles. The average molecular weight is 276 g/mol. The maximum atomic E-state index is 5.83. The standard InChI is InChI=1S/C18H16N2O/c1-2-6-14-11-16(10-9-13(14)5-1)21-18-19-12-15-7-3-4-8-17(15)20-18/h3-4,7-12H,1-2,5-6H2. The number of aryl methyl sites for hydroxylation is 2. The third-order valence-corrected chi connectivity index (χ3v) is 4.00. The number of ether oxygens (including phenoxy) is 1. The van der Waals surface area contributed by atoms with Crippen molar-refractivity contribution in [3.05, 3.63) is 59.8 Å². The Kier molecular flexibility index (Phi) is 3.03. The number of fused-ring (bicyclic) bond motifs is 2. The molecule has 0 N–H and O–H groups in total. The summed E-state index contributed by atoms with van der Waals surface area (Å²) in [6.07, 6.45) is 6.69. The first kappa shape index (κ1) is 12.3. The molecule has 3 heteroatoms. The van der Waals surface area contributed by atoms with Gasteiger partial charge in [-0.3, -0.25) is 0 Å². The summed E-state index contributed by atoms with van der Waals surface area (Å²) in [6.45, 7) is 0. The molecule has 1 aliphatic rings. The van der Waals surface area contributed by atoms with Gasteiger partial charge in [-0.1, -0.05) is 24.3 Å². The molecule has 3 aromatic rings. The monoisotopic (exact) mass is 276 g/mol. The van der Waals surface area contributed by atoms with Crippen molar-refractivity contribution in [3.63, 3.8) is 0 Å². The van der Waals surface area contributed by atoms with Gasteiger partial charge in [0.15, 0.2) is 0 Å². The van der Waals surface area contributed by atoms with E-state index in [9.17, 15) is 0 Å². The Hall–Kier alpha value is -2.42. The first-order valence-corrected chi connectivity index (χ1v) is 7.40. The van der Waals surface area contributed by atoms with Crippen LogP contribution in [-0.2, 0) is 12.8 Å². The largest absolute Gasteiger partial charge is 0.424 e. The molecule has 0 fully saturated rings. The topological polar surface area (TPSA) is 35.0 Å². The average Bonchev–Trinajstić information content (AvgIpc) is 2.55. The summed E-state index contributed by atoms with van der Waals surface area (Å²) >= 11 is 0. The molecule has 104 valence electrons. The highest BCUT2D eigenvalue weighted by Crippen LogP contribution is 2.27. The molecule has 0 saturated carbocycles. The number of nitrogens with zero attached hydrogens (tertiary/aromatic N) is 2. The fourth-order valence-corrected chi connectivity index (χ4v) is 2.88. The van der Waals surface area contributed by atoms with Crippen LogP contribution in [0.1, 0.15) is 24.0 Å². The summed E-state index contributed by atoms with van der Waals surface area (Å²) in [7, 11) is 0. The van der Waals surface area contributed by atoms with E-state index in [0.717, 1.165) is 23.1 Å². The second-order valence-electron chi connectivity index (χ2n) is 5.45. The van der Waals surface area contributed by atoms with E-state index >= 15 is 0 Å². The van der Waals surface area contributed by atoms with E-state index < -0.39 is 0 Å². The lowest BCUT2D eigenvalue weighted by Crippen LogP contribution is -2.02. The van der Waals surface area contributed by atoms with E-state index in [1.54, 1.807) is 6.20 Å². The van der Waals surface area contributed by atoms with Gasteiger partial charge in [-0.2, -0.15) is 4.98 Å². The minimum atomic E-state index is 0.407. The second-order valence-corrected chi connectivity index (χ2v) is 5.45. The molecule has 1 aliphatic carbocycles. The van der Waals surface area contributed by atoms with E-state index in [1.807, 2.05) is 30.3 Å². The van der Waals surface area contributed by atoms with Crippen molar-refractivity contribution in [1.82, 2.24) is 9.97 Å². The van der Waals surface area contributed by atoms with Gasteiger partial charge in [0.05, 0.1) is 5.52 Å². The van der Waals surface area contributed by atoms with Gasteiger partial charge < -0.3 is 4.74 Å². The lowest BCUT2D eigenvalue weighted by atomic mass is 9.92. The molecule has 21 heavy (non-hydrogen) atoms. The maximum Gasteiger partial charge on any atom is 0.322 e. The van der Waals surface area contributed by atoms with Gasteiger partial charge in [-0.25, -0.2) is 4.98 Å². The predicted molar refractivity (Wildman–Crippen MR) is 82.7 cm³/mol. The van der Waals surface area contributed by atoms with Crippen LogP contribution in [0.25, 0.3) is 10.9 Å². The Balaban J connectivity index is 1.64. The summed E-state index contributed by atoms with van der Waals surface area (Å²) < 4.78 is 5.83. The molecule has 4 rings (SSSR count).